The zero-order valence-electron chi connectivity index (χ0n) is 11.6. The average molecular weight is 309 g/mol. The molecule has 0 saturated carbocycles. The van der Waals surface area contributed by atoms with E-state index >= 15 is 0 Å². The fraction of sp³-hybridized carbons (Fsp3) is 0.286. The van der Waals surface area contributed by atoms with Crippen LogP contribution in [0, 0.1) is 11.3 Å². The summed E-state index contributed by atoms with van der Waals surface area (Å²) in [6.45, 7) is 1.80. The van der Waals surface area contributed by atoms with E-state index in [-0.39, 0.29) is 18.2 Å². The van der Waals surface area contributed by atoms with Gasteiger partial charge in [0.15, 0.2) is 0 Å². The number of nitrogen functional groups attached to an aromatic ring is 1. The molecule has 5 N–H and O–H groups in total. The molecule has 1 amide bonds. The van der Waals surface area contributed by atoms with Gasteiger partial charge in [0.1, 0.15) is 11.6 Å². The van der Waals surface area contributed by atoms with Gasteiger partial charge in [-0.1, -0.05) is 18.5 Å². The van der Waals surface area contributed by atoms with Crippen LogP contribution >= 0.6 is 11.6 Å². The molecule has 7 heteroatoms. The Balaban J connectivity index is 2.77. The Morgan fingerprint density at radius 2 is 2.33 bits per heavy atom. The first-order valence-corrected chi connectivity index (χ1v) is 6.73. The lowest BCUT2D eigenvalue weighted by Crippen LogP contribution is -2.28. The first-order chi connectivity index (χ1) is 10.0. The first-order valence-electron chi connectivity index (χ1n) is 6.35. The third-order valence-electron chi connectivity index (χ3n) is 2.80. The van der Waals surface area contributed by atoms with Crippen molar-refractivity contribution >= 4 is 28.9 Å². The number of carbonyl (C=O) groups excluding carboxylic acids is 1. The molecule has 0 aromatic heterocycles. The van der Waals surface area contributed by atoms with Gasteiger partial charge in [-0.15, -0.1) is 0 Å². The van der Waals surface area contributed by atoms with Gasteiger partial charge in [0, 0.05) is 17.9 Å². The summed E-state index contributed by atoms with van der Waals surface area (Å²) in [5, 5.41) is 23.7. The van der Waals surface area contributed by atoms with Gasteiger partial charge in [-0.05, 0) is 24.6 Å². The second-order valence-corrected chi connectivity index (χ2v) is 4.72. The van der Waals surface area contributed by atoms with Crippen molar-refractivity contribution < 1.29 is 9.90 Å². The second-order valence-electron chi connectivity index (χ2n) is 4.31. The summed E-state index contributed by atoms with van der Waals surface area (Å²) >= 11 is 5.85. The van der Waals surface area contributed by atoms with Gasteiger partial charge in [0.05, 0.1) is 17.3 Å². The Hall–Kier alpha value is -2.23. The molecule has 1 atom stereocenters. The van der Waals surface area contributed by atoms with E-state index in [0.29, 0.717) is 22.8 Å². The number of hydrogen-bond acceptors (Lipinski definition) is 5. The van der Waals surface area contributed by atoms with E-state index in [1.165, 1.54) is 12.3 Å². The molecule has 0 bridgehead atoms. The van der Waals surface area contributed by atoms with Crippen LogP contribution in [0.1, 0.15) is 13.3 Å². The molecule has 6 nitrogen and oxygen atoms in total. The number of halogens is 1. The number of aliphatic hydroxyl groups excluding tert-OH is 1. The fourth-order valence-electron chi connectivity index (χ4n) is 1.45. The molecule has 0 saturated heterocycles. The van der Waals surface area contributed by atoms with Crippen LogP contribution in [0.25, 0.3) is 0 Å². The Morgan fingerprint density at radius 3 is 2.86 bits per heavy atom. The highest BCUT2D eigenvalue weighted by Gasteiger charge is 2.11. The van der Waals surface area contributed by atoms with Crippen LogP contribution in [-0.2, 0) is 4.79 Å². The maximum Gasteiger partial charge on any atom is 0.267 e. The predicted octanol–water partition coefficient (Wildman–Crippen LogP) is 1.63. The highest BCUT2D eigenvalue weighted by Crippen LogP contribution is 2.22. The summed E-state index contributed by atoms with van der Waals surface area (Å²) in [7, 11) is 0. The number of nitrogens with two attached hydrogens (primary N) is 1. The van der Waals surface area contributed by atoms with Crippen LogP contribution in [-0.4, -0.2) is 23.7 Å². The van der Waals surface area contributed by atoms with Crippen LogP contribution in [0.3, 0.4) is 0 Å². The zero-order valence-corrected chi connectivity index (χ0v) is 12.3. The quantitative estimate of drug-likeness (QED) is 0.362. The Kier molecular flexibility index (Phi) is 6.53. The fourth-order valence-corrected chi connectivity index (χ4v) is 1.63. The molecule has 0 fully saturated rings. The molecular weight excluding hydrogens is 292 g/mol. The Bertz CT molecular complexity index is 577. The van der Waals surface area contributed by atoms with Crippen molar-refractivity contribution in [2.75, 3.05) is 17.7 Å². The summed E-state index contributed by atoms with van der Waals surface area (Å²) in [6.07, 6.45) is 1.96. The molecule has 0 spiro atoms. The van der Waals surface area contributed by atoms with Gasteiger partial charge in [0.2, 0.25) is 0 Å². The minimum Gasteiger partial charge on any atom is -0.398 e. The van der Waals surface area contributed by atoms with Crippen molar-refractivity contribution in [1.82, 2.24) is 5.32 Å². The Morgan fingerprint density at radius 1 is 1.62 bits per heavy atom. The summed E-state index contributed by atoms with van der Waals surface area (Å²) in [5.74, 6) is -0.571. The summed E-state index contributed by atoms with van der Waals surface area (Å²) in [4.78, 5) is 12.0. The minimum absolute atomic E-state index is 0.0824. The van der Waals surface area contributed by atoms with Gasteiger partial charge in [0.25, 0.3) is 5.91 Å². The summed E-state index contributed by atoms with van der Waals surface area (Å²) in [5.41, 5.74) is 6.32. The number of nitrogens with zero attached hydrogens (tertiary/aromatic N) is 1. The number of benzene rings is 1. The lowest BCUT2D eigenvalue weighted by molar-refractivity contribution is -0.112. The summed E-state index contributed by atoms with van der Waals surface area (Å²) < 4.78 is 0. The largest absolute Gasteiger partial charge is 0.398 e. The van der Waals surface area contributed by atoms with Crippen molar-refractivity contribution in [1.29, 1.82) is 5.26 Å². The monoisotopic (exact) mass is 308 g/mol. The first kappa shape index (κ1) is 16.8. The molecule has 21 heavy (non-hydrogen) atoms. The van der Waals surface area contributed by atoms with Gasteiger partial charge < -0.3 is 21.5 Å². The van der Waals surface area contributed by atoms with Crippen LogP contribution in [0.5, 0.6) is 0 Å². The zero-order chi connectivity index (χ0) is 15.8. The highest BCUT2D eigenvalue weighted by atomic mass is 35.5. The smallest absolute Gasteiger partial charge is 0.267 e. The number of carbonyl (C=O) groups is 1. The average Bonchev–Trinajstić information content (AvgIpc) is 2.47. The van der Waals surface area contributed by atoms with E-state index < -0.39 is 5.91 Å². The van der Waals surface area contributed by atoms with Crippen LogP contribution in [0.15, 0.2) is 30.0 Å². The Labute approximate surface area is 128 Å². The van der Waals surface area contributed by atoms with E-state index in [0.717, 1.165) is 0 Å². The molecule has 0 aliphatic carbocycles. The van der Waals surface area contributed by atoms with Crippen molar-refractivity contribution in [3.05, 3.63) is 35.0 Å². The SMILES string of the molecule is CCC(CO)N/C=C(/C#N)C(=O)Nc1ccc(N)c(Cl)c1. The molecule has 1 rings (SSSR count). The van der Waals surface area contributed by atoms with Crippen LogP contribution in [0.2, 0.25) is 5.02 Å². The van der Waals surface area contributed by atoms with E-state index in [1.54, 1.807) is 18.2 Å². The van der Waals surface area contributed by atoms with Crippen LogP contribution in [0.4, 0.5) is 11.4 Å². The normalized spacial score (nSPS) is 12.4. The van der Waals surface area contributed by atoms with E-state index in [1.807, 2.05) is 6.92 Å². The van der Waals surface area contributed by atoms with Gasteiger partial charge in [-0.2, -0.15) is 5.26 Å². The molecule has 1 aromatic rings. The van der Waals surface area contributed by atoms with Gasteiger partial charge in [-0.3, -0.25) is 4.79 Å². The van der Waals surface area contributed by atoms with Gasteiger partial charge in [-0.25, -0.2) is 0 Å². The highest BCUT2D eigenvalue weighted by molar-refractivity contribution is 6.33. The molecule has 112 valence electrons. The maximum atomic E-state index is 12.0. The molecule has 0 aliphatic rings. The van der Waals surface area contributed by atoms with E-state index in [9.17, 15) is 4.79 Å². The molecule has 1 unspecified atom stereocenters. The van der Waals surface area contributed by atoms with Crippen LogP contribution < -0.4 is 16.4 Å². The third kappa shape index (κ3) is 4.99. The van der Waals surface area contributed by atoms with Crippen molar-refractivity contribution in [3.63, 3.8) is 0 Å². The number of nitriles is 1. The van der Waals surface area contributed by atoms with Crippen molar-refractivity contribution in [2.45, 2.75) is 19.4 Å². The molecule has 1 aromatic carbocycles. The second kappa shape index (κ2) is 8.15. The predicted molar refractivity (Wildman–Crippen MR) is 82.5 cm³/mol. The summed E-state index contributed by atoms with van der Waals surface area (Å²) in [6, 6.07) is 6.24. The third-order valence-corrected chi connectivity index (χ3v) is 3.13. The molecule has 0 radical (unpaired) electrons. The molecule has 0 heterocycles. The van der Waals surface area contributed by atoms with Crippen molar-refractivity contribution in [2.24, 2.45) is 0 Å². The standard InChI is InChI=1S/C14H17ClN4O2/c1-2-10(8-20)18-7-9(6-16)14(21)19-11-3-4-13(17)12(15)5-11/h3-5,7,10,18,20H,2,8,17H2,1H3,(H,19,21)/b9-7-. The number of rotatable bonds is 6. The number of anilines is 2. The lowest BCUT2D eigenvalue weighted by atomic mass is 10.2. The lowest BCUT2D eigenvalue weighted by Gasteiger charge is -2.12. The van der Waals surface area contributed by atoms with Gasteiger partial charge >= 0.3 is 0 Å². The van der Waals surface area contributed by atoms with E-state index in [4.69, 9.17) is 27.7 Å². The number of hydrogen-bond donors (Lipinski definition) is 4. The number of nitrogens with one attached hydrogen (secondary N) is 2. The minimum atomic E-state index is -0.571. The maximum absolute atomic E-state index is 12.0. The topological polar surface area (TPSA) is 111 Å². The molecule has 0 aliphatic heterocycles. The number of amides is 1. The number of aliphatic hydroxyl groups is 1. The van der Waals surface area contributed by atoms with Crippen molar-refractivity contribution in [3.8, 4) is 6.07 Å². The van der Waals surface area contributed by atoms with E-state index in [2.05, 4.69) is 10.6 Å². The molecular formula is C14H17ClN4O2.